The zero-order valence-electron chi connectivity index (χ0n) is 6.98. The summed E-state index contributed by atoms with van der Waals surface area (Å²) in [6.45, 7) is 0. The lowest BCUT2D eigenvalue weighted by Gasteiger charge is -1.96. The smallest absolute Gasteiger partial charge is 0.261 e. The van der Waals surface area contributed by atoms with Crippen molar-refractivity contribution < 1.29 is 13.9 Å². The fourth-order valence-corrected chi connectivity index (χ4v) is 1.16. The van der Waals surface area contributed by atoms with Gasteiger partial charge in [-0.3, -0.25) is 4.79 Å². The lowest BCUT2D eigenvalue weighted by molar-refractivity contribution is 0.109. The zero-order chi connectivity index (χ0) is 9.26. The standard InChI is InChI=1S/C9H7NO3/c1-12-6-3-2-4-7-9(6)10-8(5-11)13-7/h2-5H,1H3. The van der Waals surface area contributed by atoms with E-state index in [9.17, 15) is 4.79 Å². The Labute approximate surface area is 74.1 Å². The highest BCUT2D eigenvalue weighted by molar-refractivity contribution is 5.83. The van der Waals surface area contributed by atoms with Crippen molar-refractivity contribution in [1.82, 2.24) is 4.98 Å². The van der Waals surface area contributed by atoms with Gasteiger partial charge in [0, 0.05) is 0 Å². The summed E-state index contributed by atoms with van der Waals surface area (Å²) in [4.78, 5) is 14.3. The number of nitrogens with zero attached hydrogens (tertiary/aromatic N) is 1. The molecule has 0 unspecified atom stereocenters. The second-order valence-corrected chi connectivity index (χ2v) is 2.48. The minimum Gasteiger partial charge on any atom is -0.494 e. The van der Waals surface area contributed by atoms with Crippen molar-refractivity contribution in [2.75, 3.05) is 7.11 Å². The van der Waals surface area contributed by atoms with E-state index in [1.807, 2.05) is 0 Å². The van der Waals surface area contributed by atoms with Gasteiger partial charge in [-0.15, -0.1) is 0 Å². The maximum atomic E-state index is 10.4. The molecule has 4 heteroatoms. The van der Waals surface area contributed by atoms with E-state index in [0.717, 1.165) is 0 Å². The van der Waals surface area contributed by atoms with Crippen molar-refractivity contribution in [3.8, 4) is 5.75 Å². The molecule has 4 nitrogen and oxygen atoms in total. The molecule has 0 saturated heterocycles. The summed E-state index contributed by atoms with van der Waals surface area (Å²) >= 11 is 0. The first-order chi connectivity index (χ1) is 6.35. The average Bonchev–Trinajstić information content (AvgIpc) is 2.59. The van der Waals surface area contributed by atoms with Crippen molar-refractivity contribution >= 4 is 17.4 Å². The second-order valence-electron chi connectivity index (χ2n) is 2.48. The fourth-order valence-electron chi connectivity index (χ4n) is 1.16. The predicted molar refractivity (Wildman–Crippen MR) is 45.9 cm³/mol. The molecule has 0 aliphatic carbocycles. The highest BCUT2D eigenvalue weighted by Crippen LogP contribution is 2.24. The molecule has 0 N–H and O–H groups in total. The van der Waals surface area contributed by atoms with Crippen LogP contribution in [0.5, 0.6) is 5.75 Å². The summed E-state index contributed by atoms with van der Waals surface area (Å²) in [5.41, 5.74) is 1.13. The van der Waals surface area contributed by atoms with E-state index in [4.69, 9.17) is 9.15 Å². The first-order valence-corrected chi connectivity index (χ1v) is 3.74. The number of aldehydes is 1. The van der Waals surface area contributed by atoms with Crippen molar-refractivity contribution in [1.29, 1.82) is 0 Å². The van der Waals surface area contributed by atoms with Crippen LogP contribution in [0.1, 0.15) is 10.7 Å². The quantitative estimate of drug-likeness (QED) is 0.654. The topological polar surface area (TPSA) is 52.3 Å². The Hall–Kier alpha value is -1.84. The van der Waals surface area contributed by atoms with Gasteiger partial charge >= 0.3 is 0 Å². The molecule has 13 heavy (non-hydrogen) atoms. The lowest BCUT2D eigenvalue weighted by Crippen LogP contribution is -1.83. The molecule has 0 fully saturated rings. The van der Waals surface area contributed by atoms with Gasteiger partial charge in [-0.1, -0.05) is 6.07 Å². The molecule has 0 radical (unpaired) electrons. The lowest BCUT2D eigenvalue weighted by atomic mass is 10.3. The minimum absolute atomic E-state index is 0.0690. The van der Waals surface area contributed by atoms with Crippen LogP contribution in [-0.2, 0) is 0 Å². The Kier molecular flexibility index (Phi) is 1.73. The Morgan fingerprint density at radius 1 is 1.54 bits per heavy atom. The van der Waals surface area contributed by atoms with Gasteiger partial charge in [0.2, 0.25) is 6.29 Å². The van der Waals surface area contributed by atoms with Crippen LogP contribution in [0.2, 0.25) is 0 Å². The molecule has 0 amide bonds. The molecule has 1 heterocycles. The Morgan fingerprint density at radius 3 is 3.08 bits per heavy atom. The molecule has 2 aromatic rings. The molecule has 1 aromatic heterocycles. The fraction of sp³-hybridized carbons (Fsp3) is 0.111. The van der Waals surface area contributed by atoms with Crippen LogP contribution in [0.4, 0.5) is 0 Å². The van der Waals surface area contributed by atoms with Crippen LogP contribution < -0.4 is 4.74 Å². The van der Waals surface area contributed by atoms with Crippen LogP contribution in [-0.4, -0.2) is 18.4 Å². The number of carbonyl (C=O) groups excluding carboxylic acids is 1. The second kappa shape index (κ2) is 2.90. The van der Waals surface area contributed by atoms with Crippen LogP contribution in [0.3, 0.4) is 0 Å². The van der Waals surface area contributed by atoms with Gasteiger partial charge in [-0.25, -0.2) is 4.98 Å². The number of hydrogen-bond donors (Lipinski definition) is 0. The highest BCUT2D eigenvalue weighted by Gasteiger charge is 2.08. The summed E-state index contributed by atoms with van der Waals surface area (Å²) in [5.74, 6) is 0.675. The maximum absolute atomic E-state index is 10.4. The van der Waals surface area contributed by atoms with Gasteiger partial charge in [-0.2, -0.15) is 0 Å². The number of para-hydroxylation sites is 1. The maximum Gasteiger partial charge on any atom is 0.261 e. The number of rotatable bonds is 2. The van der Waals surface area contributed by atoms with Gasteiger partial charge in [0.1, 0.15) is 5.75 Å². The molecular formula is C9H7NO3. The molecule has 0 spiro atoms. The van der Waals surface area contributed by atoms with Gasteiger partial charge in [0.05, 0.1) is 7.11 Å². The first kappa shape index (κ1) is 7.79. The van der Waals surface area contributed by atoms with E-state index < -0.39 is 0 Å². The van der Waals surface area contributed by atoms with E-state index in [0.29, 0.717) is 23.1 Å². The number of aromatic nitrogens is 1. The minimum atomic E-state index is 0.0690. The largest absolute Gasteiger partial charge is 0.494 e. The predicted octanol–water partition coefficient (Wildman–Crippen LogP) is 1.65. The molecule has 0 atom stereocenters. The SMILES string of the molecule is COc1cccc2oc(C=O)nc12. The van der Waals surface area contributed by atoms with Crippen LogP contribution >= 0.6 is 0 Å². The number of methoxy groups -OCH3 is 1. The van der Waals surface area contributed by atoms with Crippen molar-refractivity contribution in [3.63, 3.8) is 0 Å². The molecule has 2 rings (SSSR count). The summed E-state index contributed by atoms with van der Waals surface area (Å²) < 4.78 is 10.1. The molecular weight excluding hydrogens is 170 g/mol. The molecule has 0 aliphatic heterocycles. The third kappa shape index (κ3) is 1.16. The molecule has 0 aliphatic rings. The normalized spacial score (nSPS) is 10.2. The Bertz CT molecular complexity index is 447. The first-order valence-electron chi connectivity index (χ1n) is 3.74. The number of oxazole rings is 1. The number of ether oxygens (including phenoxy) is 1. The van der Waals surface area contributed by atoms with Gasteiger partial charge in [0.15, 0.2) is 11.1 Å². The monoisotopic (exact) mass is 177 g/mol. The third-order valence-electron chi connectivity index (χ3n) is 1.72. The van der Waals surface area contributed by atoms with Crippen molar-refractivity contribution in [3.05, 3.63) is 24.1 Å². The molecule has 0 saturated carbocycles. The molecule has 0 bridgehead atoms. The third-order valence-corrected chi connectivity index (χ3v) is 1.72. The van der Waals surface area contributed by atoms with E-state index in [2.05, 4.69) is 4.98 Å². The van der Waals surface area contributed by atoms with Crippen LogP contribution in [0, 0.1) is 0 Å². The molecule has 66 valence electrons. The van der Waals surface area contributed by atoms with E-state index >= 15 is 0 Å². The van der Waals surface area contributed by atoms with Crippen molar-refractivity contribution in [2.45, 2.75) is 0 Å². The highest BCUT2D eigenvalue weighted by atomic mass is 16.5. The number of hydrogen-bond acceptors (Lipinski definition) is 4. The molecule has 1 aromatic carbocycles. The number of carbonyl (C=O) groups is 1. The summed E-state index contributed by atoms with van der Waals surface area (Å²) in [6.07, 6.45) is 0.569. The summed E-state index contributed by atoms with van der Waals surface area (Å²) in [6, 6.07) is 5.28. The number of fused-ring (bicyclic) bond motifs is 1. The number of benzene rings is 1. The van der Waals surface area contributed by atoms with Crippen LogP contribution in [0.25, 0.3) is 11.1 Å². The summed E-state index contributed by atoms with van der Waals surface area (Å²) in [5, 5.41) is 0. The van der Waals surface area contributed by atoms with E-state index in [1.54, 1.807) is 25.3 Å². The van der Waals surface area contributed by atoms with E-state index in [1.165, 1.54) is 0 Å². The van der Waals surface area contributed by atoms with Crippen molar-refractivity contribution in [2.24, 2.45) is 0 Å². The van der Waals surface area contributed by atoms with Gasteiger partial charge in [-0.05, 0) is 12.1 Å². The van der Waals surface area contributed by atoms with Gasteiger partial charge < -0.3 is 9.15 Å². The van der Waals surface area contributed by atoms with Gasteiger partial charge in [0.25, 0.3) is 5.89 Å². The van der Waals surface area contributed by atoms with Crippen LogP contribution in [0.15, 0.2) is 22.6 Å². The Morgan fingerprint density at radius 2 is 2.38 bits per heavy atom. The zero-order valence-corrected chi connectivity index (χ0v) is 6.98. The van der Waals surface area contributed by atoms with E-state index in [-0.39, 0.29) is 5.89 Å². The summed E-state index contributed by atoms with van der Waals surface area (Å²) in [7, 11) is 1.55. The Balaban J connectivity index is 2.74. The average molecular weight is 177 g/mol.